The van der Waals surface area contributed by atoms with Crippen LogP contribution in [0.25, 0.3) is 11.0 Å². The zero-order valence-electron chi connectivity index (χ0n) is 12.3. The summed E-state index contributed by atoms with van der Waals surface area (Å²) >= 11 is 0. The molecule has 2 heterocycles. The molecule has 0 atom stereocenters. The third kappa shape index (κ3) is 2.74. The summed E-state index contributed by atoms with van der Waals surface area (Å²) in [6.45, 7) is 1.68. The smallest absolute Gasteiger partial charge is 0.310 e. The fourth-order valence-corrected chi connectivity index (χ4v) is 2.35. The van der Waals surface area contributed by atoms with Crippen molar-refractivity contribution in [1.82, 2.24) is 19.7 Å². The summed E-state index contributed by atoms with van der Waals surface area (Å²) in [5, 5.41) is 13.2. The molecule has 0 bridgehead atoms. The Balaban J connectivity index is 2.05. The number of aryl methyl sites for hydroxylation is 1. The summed E-state index contributed by atoms with van der Waals surface area (Å²) in [6, 6.07) is 6.41. The zero-order chi connectivity index (χ0) is 17.5. The average molecular weight is 333 g/mol. The Kier molecular flexibility index (Phi) is 3.60. The standard InChI is InChI=1S/C15H10F3N5O/c1-8-20-13-12(14(24)21-8)11(6-19)22-23(13)7-9-2-4-10(5-3-9)15(16,17)18/h2-5H,7H2,1H3,(H,20,21,24). The van der Waals surface area contributed by atoms with Gasteiger partial charge in [0.25, 0.3) is 5.56 Å². The molecule has 0 aliphatic carbocycles. The zero-order valence-corrected chi connectivity index (χ0v) is 12.3. The van der Waals surface area contributed by atoms with Crippen LogP contribution in [0.3, 0.4) is 0 Å². The van der Waals surface area contributed by atoms with Crippen LogP contribution in [-0.2, 0) is 12.7 Å². The minimum absolute atomic E-state index is 0.0648. The number of aromatic nitrogens is 4. The number of hydrogen-bond donors (Lipinski definition) is 1. The molecule has 0 amide bonds. The van der Waals surface area contributed by atoms with E-state index in [1.165, 1.54) is 16.8 Å². The summed E-state index contributed by atoms with van der Waals surface area (Å²) in [4.78, 5) is 18.6. The molecule has 122 valence electrons. The van der Waals surface area contributed by atoms with Crippen molar-refractivity contribution in [3.63, 3.8) is 0 Å². The number of aromatic amines is 1. The lowest BCUT2D eigenvalue weighted by molar-refractivity contribution is -0.137. The molecule has 3 rings (SSSR count). The maximum Gasteiger partial charge on any atom is 0.416 e. The van der Waals surface area contributed by atoms with Crippen molar-refractivity contribution >= 4 is 11.0 Å². The molecule has 0 aliphatic rings. The van der Waals surface area contributed by atoms with Gasteiger partial charge in [0.1, 0.15) is 17.3 Å². The van der Waals surface area contributed by atoms with Crippen molar-refractivity contribution < 1.29 is 13.2 Å². The fourth-order valence-electron chi connectivity index (χ4n) is 2.35. The number of H-pyrrole nitrogens is 1. The van der Waals surface area contributed by atoms with E-state index in [2.05, 4.69) is 15.1 Å². The second-order valence-corrected chi connectivity index (χ2v) is 5.16. The molecule has 24 heavy (non-hydrogen) atoms. The predicted octanol–water partition coefficient (Wildman–Crippen LogP) is 2.37. The number of rotatable bonds is 2. The van der Waals surface area contributed by atoms with E-state index < -0.39 is 17.3 Å². The summed E-state index contributed by atoms with van der Waals surface area (Å²) in [5.41, 5.74) is -0.553. The molecule has 0 aliphatic heterocycles. The number of benzene rings is 1. The lowest BCUT2D eigenvalue weighted by Gasteiger charge is -2.08. The van der Waals surface area contributed by atoms with Gasteiger partial charge in [-0.05, 0) is 24.6 Å². The number of nitrogens with zero attached hydrogens (tertiary/aromatic N) is 4. The molecule has 0 spiro atoms. The van der Waals surface area contributed by atoms with Crippen LogP contribution in [0, 0.1) is 18.3 Å². The van der Waals surface area contributed by atoms with E-state index in [0.717, 1.165) is 12.1 Å². The van der Waals surface area contributed by atoms with Gasteiger partial charge in [0, 0.05) is 0 Å². The number of fused-ring (bicyclic) bond motifs is 1. The molecular weight excluding hydrogens is 323 g/mol. The Morgan fingerprint density at radius 2 is 1.96 bits per heavy atom. The van der Waals surface area contributed by atoms with Crippen LogP contribution in [0.15, 0.2) is 29.1 Å². The number of halogens is 3. The van der Waals surface area contributed by atoms with E-state index in [9.17, 15) is 18.0 Å². The molecule has 0 fully saturated rings. The normalized spacial score (nSPS) is 11.6. The van der Waals surface area contributed by atoms with Crippen molar-refractivity contribution in [3.05, 3.63) is 57.3 Å². The quantitative estimate of drug-likeness (QED) is 0.780. The van der Waals surface area contributed by atoms with Crippen LogP contribution in [-0.4, -0.2) is 19.7 Å². The van der Waals surface area contributed by atoms with Crippen LogP contribution in [0.5, 0.6) is 0 Å². The van der Waals surface area contributed by atoms with Crippen molar-refractivity contribution in [2.45, 2.75) is 19.6 Å². The maximum absolute atomic E-state index is 12.6. The van der Waals surface area contributed by atoms with Gasteiger partial charge in [0.2, 0.25) is 0 Å². The average Bonchev–Trinajstić information content (AvgIpc) is 2.85. The van der Waals surface area contributed by atoms with Gasteiger partial charge in [-0.3, -0.25) is 4.79 Å². The van der Waals surface area contributed by atoms with Gasteiger partial charge in [-0.15, -0.1) is 0 Å². The largest absolute Gasteiger partial charge is 0.416 e. The van der Waals surface area contributed by atoms with Gasteiger partial charge in [-0.1, -0.05) is 12.1 Å². The van der Waals surface area contributed by atoms with Gasteiger partial charge in [0.15, 0.2) is 11.3 Å². The van der Waals surface area contributed by atoms with Gasteiger partial charge < -0.3 is 4.98 Å². The van der Waals surface area contributed by atoms with Gasteiger partial charge in [-0.2, -0.15) is 23.5 Å². The minimum atomic E-state index is -4.41. The van der Waals surface area contributed by atoms with Crippen molar-refractivity contribution in [3.8, 4) is 6.07 Å². The molecule has 0 saturated heterocycles. The van der Waals surface area contributed by atoms with Gasteiger partial charge in [0.05, 0.1) is 12.1 Å². The molecule has 0 radical (unpaired) electrons. The first-order valence-corrected chi connectivity index (χ1v) is 6.83. The first kappa shape index (κ1) is 15.7. The third-order valence-electron chi connectivity index (χ3n) is 3.44. The predicted molar refractivity (Wildman–Crippen MR) is 78.1 cm³/mol. The molecular formula is C15H10F3N5O. The van der Waals surface area contributed by atoms with Crippen molar-refractivity contribution in [2.24, 2.45) is 0 Å². The molecule has 0 saturated carbocycles. The summed E-state index contributed by atoms with van der Waals surface area (Å²) in [7, 11) is 0. The van der Waals surface area contributed by atoms with Crippen molar-refractivity contribution in [1.29, 1.82) is 5.26 Å². The van der Waals surface area contributed by atoms with E-state index in [-0.39, 0.29) is 23.3 Å². The maximum atomic E-state index is 12.6. The van der Waals surface area contributed by atoms with Crippen LogP contribution in [0.1, 0.15) is 22.6 Å². The van der Waals surface area contributed by atoms with E-state index in [1.54, 1.807) is 6.92 Å². The molecule has 1 N–H and O–H groups in total. The SMILES string of the molecule is Cc1nc2c(c(C#N)nn2Cc2ccc(C(F)(F)F)cc2)c(=O)[nH]1. The lowest BCUT2D eigenvalue weighted by Crippen LogP contribution is -2.11. The molecule has 0 unspecified atom stereocenters. The van der Waals surface area contributed by atoms with Gasteiger partial charge >= 0.3 is 6.18 Å². The molecule has 1 aromatic carbocycles. The highest BCUT2D eigenvalue weighted by Crippen LogP contribution is 2.29. The second kappa shape index (κ2) is 5.49. The molecule has 9 heteroatoms. The topological polar surface area (TPSA) is 87.4 Å². The van der Waals surface area contributed by atoms with Crippen molar-refractivity contribution in [2.75, 3.05) is 0 Å². The van der Waals surface area contributed by atoms with E-state index >= 15 is 0 Å². The number of nitriles is 1. The Morgan fingerprint density at radius 1 is 1.29 bits per heavy atom. The summed E-state index contributed by atoms with van der Waals surface area (Å²) in [5.74, 6) is 0.352. The molecule has 2 aromatic heterocycles. The number of alkyl halides is 3. The van der Waals surface area contributed by atoms with Crippen LogP contribution < -0.4 is 5.56 Å². The highest BCUT2D eigenvalue weighted by molar-refractivity contribution is 5.79. The number of nitrogens with one attached hydrogen (secondary N) is 1. The summed E-state index contributed by atoms with van der Waals surface area (Å²) < 4.78 is 39.1. The highest BCUT2D eigenvalue weighted by atomic mass is 19.4. The molecule has 6 nitrogen and oxygen atoms in total. The van der Waals surface area contributed by atoms with E-state index in [4.69, 9.17) is 5.26 Å². The Labute approximate surface area is 133 Å². The van der Waals surface area contributed by atoms with Crippen LogP contribution >= 0.6 is 0 Å². The van der Waals surface area contributed by atoms with E-state index in [1.807, 2.05) is 6.07 Å². The summed E-state index contributed by atoms with van der Waals surface area (Å²) in [6.07, 6.45) is -4.41. The number of hydrogen-bond acceptors (Lipinski definition) is 4. The monoisotopic (exact) mass is 333 g/mol. The molecule has 3 aromatic rings. The van der Waals surface area contributed by atoms with Gasteiger partial charge in [-0.25, -0.2) is 9.67 Å². The van der Waals surface area contributed by atoms with Crippen LogP contribution in [0.2, 0.25) is 0 Å². The minimum Gasteiger partial charge on any atom is -0.310 e. The Hall–Kier alpha value is -3.15. The third-order valence-corrected chi connectivity index (χ3v) is 3.44. The fraction of sp³-hybridized carbons (Fsp3) is 0.200. The first-order chi connectivity index (χ1) is 11.3. The first-order valence-electron chi connectivity index (χ1n) is 6.83. The van der Waals surface area contributed by atoms with E-state index in [0.29, 0.717) is 11.4 Å². The highest BCUT2D eigenvalue weighted by Gasteiger charge is 2.30. The Bertz CT molecular complexity index is 1010. The Morgan fingerprint density at radius 3 is 2.54 bits per heavy atom. The second-order valence-electron chi connectivity index (χ2n) is 5.16. The lowest BCUT2D eigenvalue weighted by atomic mass is 10.1. The van der Waals surface area contributed by atoms with Crippen LogP contribution in [0.4, 0.5) is 13.2 Å².